The smallest absolute Gasteiger partial charge is 0.255 e. The summed E-state index contributed by atoms with van der Waals surface area (Å²) in [6, 6.07) is 8.54. The highest BCUT2D eigenvalue weighted by atomic mass is 35.5. The van der Waals surface area contributed by atoms with Crippen LogP contribution in [0.15, 0.2) is 30.3 Å². The molecule has 0 aliphatic carbocycles. The molecule has 0 aliphatic heterocycles. The topological polar surface area (TPSA) is 54.9 Å². The number of amides is 1. The highest BCUT2D eigenvalue weighted by Crippen LogP contribution is 2.21. The molecule has 1 heterocycles. The zero-order valence-electron chi connectivity index (χ0n) is 11.1. The van der Waals surface area contributed by atoms with Gasteiger partial charge in [-0.1, -0.05) is 53.9 Å². The van der Waals surface area contributed by atoms with Gasteiger partial charge < -0.3 is 5.32 Å². The Morgan fingerprint density at radius 2 is 1.86 bits per heavy atom. The molecule has 2 rings (SSSR count). The highest BCUT2D eigenvalue weighted by molar-refractivity contribution is 6.34. The van der Waals surface area contributed by atoms with Crippen molar-refractivity contribution in [2.24, 2.45) is 0 Å². The number of rotatable bonds is 4. The van der Waals surface area contributed by atoms with E-state index in [1.165, 1.54) is 6.07 Å². The van der Waals surface area contributed by atoms with E-state index in [1.54, 1.807) is 12.1 Å². The molecule has 0 radical (unpaired) electrons. The Hall–Kier alpha value is -1.36. The SMILES string of the molecule is CCC(NC(=O)c1cc(Cl)nnc1Cl)c1ccc(Cl)cc1. The largest absolute Gasteiger partial charge is 0.345 e. The third-order valence-electron chi connectivity index (χ3n) is 2.95. The van der Waals surface area contributed by atoms with E-state index in [0.29, 0.717) is 5.02 Å². The van der Waals surface area contributed by atoms with Crippen LogP contribution < -0.4 is 5.32 Å². The Morgan fingerprint density at radius 1 is 1.19 bits per heavy atom. The Balaban J connectivity index is 2.20. The van der Waals surface area contributed by atoms with Gasteiger partial charge in [-0.15, -0.1) is 10.2 Å². The number of nitrogens with one attached hydrogen (secondary N) is 1. The molecule has 1 aromatic carbocycles. The van der Waals surface area contributed by atoms with E-state index in [2.05, 4.69) is 15.5 Å². The molecule has 0 bridgehead atoms. The van der Waals surface area contributed by atoms with Crippen molar-refractivity contribution in [2.75, 3.05) is 0 Å². The van der Waals surface area contributed by atoms with Gasteiger partial charge in [0, 0.05) is 5.02 Å². The summed E-state index contributed by atoms with van der Waals surface area (Å²) in [5, 5.41) is 10.9. The van der Waals surface area contributed by atoms with E-state index >= 15 is 0 Å². The zero-order valence-corrected chi connectivity index (χ0v) is 13.4. The molecule has 110 valence electrons. The van der Waals surface area contributed by atoms with Crippen LogP contribution in [0.2, 0.25) is 15.3 Å². The standard InChI is InChI=1S/C14H12Cl3N3O/c1-2-11(8-3-5-9(15)6-4-8)18-14(21)10-7-12(16)19-20-13(10)17/h3-7,11H,2H2,1H3,(H,18,21). The average molecular weight is 345 g/mol. The Bertz CT molecular complexity index is 646. The number of hydrogen-bond acceptors (Lipinski definition) is 3. The summed E-state index contributed by atoms with van der Waals surface area (Å²) in [7, 11) is 0. The van der Waals surface area contributed by atoms with Gasteiger partial charge >= 0.3 is 0 Å². The minimum Gasteiger partial charge on any atom is -0.345 e. The quantitative estimate of drug-likeness (QED) is 0.898. The fourth-order valence-electron chi connectivity index (χ4n) is 1.86. The maximum absolute atomic E-state index is 12.3. The predicted octanol–water partition coefficient (Wildman–Crippen LogP) is 4.32. The lowest BCUT2D eigenvalue weighted by Crippen LogP contribution is -2.28. The molecule has 1 aromatic heterocycles. The van der Waals surface area contributed by atoms with Crippen LogP contribution in [0.4, 0.5) is 0 Å². The van der Waals surface area contributed by atoms with Gasteiger partial charge in [0.2, 0.25) is 0 Å². The molecule has 1 N–H and O–H groups in total. The van der Waals surface area contributed by atoms with Gasteiger partial charge in [-0.05, 0) is 30.2 Å². The first-order chi connectivity index (χ1) is 10.0. The second-order valence-corrected chi connectivity index (χ2v) is 5.54. The van der Waals surface area contributed by atoms with Crippen LogP contribution in [0.5, 0.6) is 0 Å². The molecule has 1 unspecified atom stereocenters. The van der Waals surface area contributed by atoms with E-state index in [-0.39, 0.29) is 27.8 Å². The van der Waals surface area contributed by atoms with E-state index < -0.39 is 0 Å². The minimum absolute atomic E-state index is 0.0165. The number of carbonyl (C=O) groups excluding carboxylic acids is 1. The summed E-state index contributed by atoms with van der Waals surface area (Å²) in [5.74, 6) is -0.349. The molecule has 7 heteroatoms. The van der Waals surface area contributed by atoms with Crippen LogP contribution in [0.25, 0.3) is 0 Å². The van der Waals surface area contributed by atoms with Gasteiger partial charge in [-0.3, -0.25) is 4.79 Å². The van der Waals surface area contributed by atoms with E-state index in [9.17, 15) is 4.79 Å². The normalized spacial score (nSPS) is 12.0. The van der Waals surface area contributed by atoms with Crippen LogP contribution >= 0.6 is 34.8 Å². The molecular weight excluding hydrogens is 333 g/mol. The van der Waals surface area contributed by atoms with Crippen molar-refractivity contribution in [1.82, 2.24) is 15.5 Å². The second kappa shape index (κ2) is 7.07. The number of hydrogen-bond donors (Lipinski definition) is 1. The lowest BCUT2D eigenvalue weighted by molar-refractivity contribution is 0.0935. The van der Waals surface area contributed by atoms with Crippen molar-refractivity contribution >= 4 is 40.7 Å². The summed E-state index contributed by atoms with van der Waals surface area (Å²) in [6.45, 7) is 1.97. The van der Waals surface area contributed by atoms with Gasteiger partial charge in [-0.2, -0.15) is 0 Å². The number of aromatic nitrogens is 2. The highest BCUT2D eigenvalue weighted by Gasteiger charge is 2.18. The number of nitrogens with zero attached hydrogens (tertiary/aromatic N) is 2. The zero-order chi connectivity index (χ0) is 15.4. The first kappa shape index (κ1) is 16.0. The predicted molar refractivity (Wildman–Crippen MR) is 84.0 cm³/mol. The number of benzene rings is 1. The third-order valence-corrected chi connectivity index (χ3v) is 3.67. The molecule has 0 spiro atoms. The lowest BCUT2D eigenvalue weighted by atomic mass is 10.0. The Kier molecular flexibility index (Phi) is 5.39. The molecule has 0 saturated heterocycles. The fourth-order valence-corrected chi connectivity index (χ4v) is 2.32. The van der Waals surface area contributed by atoms with E-state index in [0.717, 1.165) is 12.0 Å². The molecule has 2 aromatic rings. The minimum atomic E-state index is -0.349. The van der Waals surface area contributed by atoms with Crippen molar-refractivity contribution in [3.05, 3.63) is 56.8 Å². The number of carbonyl (C=O) groups is 1. The van der Waals surface area contributed by atoms with Crippen LogP contribution in [-0.4, -0.2) is 16.1 Å². The maximum atomic E-state index is 12.3. The van der Waals surface area contributed by atoms with Crippen LogP contribution in [-0.2, 0) is 0 Å². The monoisotopic (exact) mass is 343 g/mol. The molecule has 0 fully saturated rings. The molecule has 0 saturated carbocycles. The summed E-state index contributed by atoms with van der Waals surface area (Å²) in [6.07, 6.45) is 0.719. The van der Waals surface area contributed by atoms with Crippen molar-refractivity contribution < 1.29 is 4.79 Å². The molecule has 1 atom stereocenters. The van der Waals surface area contributed by atoms with Crippen LogP contribution in [0.3, 0.4) is 0 Å². The molecule has 4 nitrogen and oxygen atoms in total. The van der Waals surface area contributed by atoms with Crippen LogP contribution in [0.1, 0.15) is 35.3 Å². The Morgan fingerprint density at radius 3 is 2.48 bits per heavy atom. The second-order valence-electron chi connectivity index (χ2n) is 4.36. The maximum Gasteiger partial charge on any atom is 0.255 e. The van der Waals surface area contributed by atoms with Crippen molar-refractivity contribution in [3.63, 3.8) is 0 Å². The lowest BCUT2D eigenvalue weighted by Gasteiger charge is -2.17. The van der Waals surface area contributed by atoms with Gasteiger partial charge in [-0.25, -0.2) is 0 Å². The number of halogens is 3. The van der Waals surface area contributed by atoms with Crippen molar-refractivity contribution in [1.29, 1.82) is 0 Å². The fraction of sp³-hybridized carbons (Fsp3) is 0.214. The van der Waals surface area contributed by atoms with E-state index in [4.69, 9.17) is 34.8 Å². The molecule has 0 aliphatic rings. The summed E-state index contributed by atoms with van der Waals surface area (Å²) < 4.78 is 0. The van der Waals surface area contributed by atoms with Gasteiger partial charge in [0.15, 0.2) is 10.3 Å². The van der Waals surface area contributed by atoms with Crippen LogP contribution in [0, 0.1) is 0 Å². The van der Waals surface area contributed by atoms with Gasteiger partial charge in [0.1, 0.15) is 0 Å². The van der Waals surface area contributed by atoms with Gasteiger partial charge in [0.05, 0.1) is 11.6 Å². The summed E-state index contributed by atoms with van der Waals surface area (Å²) >= 11 is 17.5. The van der Waals surface area contributed by atoms with Crippen molar-refractivity contribution in [2.45, 2.75) is 19.4 Å². The first-order valence-electron chi connectivity index (χ1n) is 6.26. The molecule has 1 amide bonds. The average Bonchev–Trinajstić information content (AvgIpc) is 2.48. The molecular formula is C14H12Cl3N3O. The summed E-state index contributed by atoms with van der Waals surface area (Å²) in [5.41, 5.74) is 1.16. The van der Waals surface area contributed by atoms with Crippen molar-refractivity contribution in [3.8, 4) is 0 Å². The summed E-state index contributed by atoms with van der Waals surface area (Å²) in [4.78, 5) is 12.3. The first-order valence-corrected chi connectivity index (χ1v) is 7.39. The third kappa shape index (κ3) is 4.06. The van der Waals surface area contributed by atoms with E-state index in [1.807, 2.05) is 19.1 Å². The molecule has 21 heavy (non-hydrogen) atoms. The Labute approximate surface area is 137 Å². The van der Waals surface area contributed by atoms with Gasteiger partial charge in [0.25, 0.3) is 5.91 Å².